The summed E-state index contributed by atoms with van der Waals surface area (Å²) in [7, 11) is 1.49. The molecule has 0 bridgehead atoms. The Bertz CT molecular complexity index is 242. The van der Waals surface area contributed by atoms with Gasteiger partial charge in [-0.1, -0.05) is 19.8 Å². The van der Waals surface area contributed by atoms with Gasteiger partial charge in [0.1, 0.15) is 6.04 Å². The molecule has 0 spiro atoms. The zero-order chi connectivity index (χ0) is 10.8. The van der Waals surface area contributed by atoms with Gasteiger partial charge < -0.3 is 4.74 Å². The fraction of sp³-hybridized carbons (Fsp3) is 0.917. The first kappa shape index (κ1) is 10.9. The molecule has 1 aliphatic heterocycles. The zero-order valence-corrected chi connectivity index (χ0v) is 9.74. The Hall–Kier alpha value is -0.570. The number of carbonyl (C=O) groups is 1. The van der Waals surface area contributed by atoms with Crippen molar-refractivity contribution in [2.75, 3.05) is 13.7 Å². The fourth-order valence-corrected chi connectivity index (χ4v) is 2.94. The molecule has 3 nitrogen and oxygen atoms in total. The second kappa shape index (κ2) is 4.52. The third-order valence-electron chi connectivity index (χ3n) is 3.91. The van der Waals surface area contributed by atoms with E-state index < -0.39 is 0 Å². The first-order valence-corrected chi connectivity index (χ1v) is 6.06. The number of carbonyl (C=O) groups excluding carboxylic acids is 1. The van der Waals surface area contributed by atoms with Gasteiger partial charge in [-0.2, -0.15) is 0 Å². The number of nitrogens with zero attached hydrogens (tertiary/aromatic N) is 1. The Kier molecular flexibility index (Phi) is 3.29. The lowest BCUT2D eigenvalue weighted by Gasteiger charge is -2.46. The van der Waals surface area contributed by atoms with Crippen LogP contribution in [0.15, 0.2) is 0 Å². The van der Waals surface area contributed by atoms with Crippen molar-refractivity contribution in [1.29, 1.82) is 0 Å². The summed E-state index contributed by atoms with van der Waals surface area (Å²) in [5, 5.41) is 0. The van der Waals surface area contributed by atoms with Gasteiger partial charge in [0, 0.05) is 12.6 Å². The normalized spacial score (nSPS) is 37.1. The number of methoxy groups -OCH3 is 1. The van der Waals surface area contributed by atoms with Gasteiger partial charge in [0.25, 0.3) is 0 Å². The molecule has 1 aliphatic carbocycles. The number of rotatable bonds is 2. The van der Waals surface area contributed by atoms with Crippen molar-refractivity contribution in [3.05, 3.63) is 0 Å². The van der Waals surface area contributed by atoms with Crippen molar-refractivity contribution in [2.45, 2.75) is 51.1 Å². The summed E-state index contributed by atoms with van der Waals surface area (Å²) in [4.78, 5) is 13.8. The largest absolute Gasteiger partial charge is 0.468 e. The molecular formula is C12H21NO2. The van der Waals surface area contributed by atoms with Crippen LogP contribution in [0.3, 0.4) is 0 Å². The third kappa shape index (κ3) is 2.17. The van der Waals surface area contributed by atoms with Crippen LogP contribution in [0.5, 0.6) is 0 Å². The summed E-state index contributed by atoms with van der Waals surface area (Å²) in [6, 6.07) is 0.692. The minimum Gasteiger partial charge on any atom is -0.468 e. The molecule has 15 heavy (non-hydrogen) atoms. The molecule has 3 unspecified atom stereocenters. The molecular weight excluding hydrogens is 190 g/mol. The van der Waals surface area contributed by atoms with E-state index in [-0.39, 0.29) is 12.0 Å². The highest BCUT2D eigenvalue weighted by atomic mass is 16.5. The highest BCUT2D eigenvalue weighted by Gasteiger charge is 2.40. The SMILES string of the molecule is COC(=O)C1CCN1C1CCCC(C)C1. The van der Waals surface area contributed by atoms with E-state index in [0.29, 0.717) is 6.04 Å². The van der Waals surface area contributed by atoms with Gasteiger partial charge in [0.05, 0.1) is 7.11 Å². The Labute approximate surface area is 91.8 Å². The number of esters is 1. The van der Waals surface area contributed by atoms with Crippen LogP contribution in [0.1, 0.15) is 39.0 Å². The van der Waals surface area contributed by atoms with Crippen LogP contribution in [0.4, 0.5) is 0 Å². The monoisotopic (exact) mass is 211 g/mol. The van der Waals surface area contributed by atoms with Crippen molar-refractivity contribution >= 4 is 5.97 Å². The van der Waals surface area contributed by atoms with E-state index >= 15 is 0 Å². The molecule has 0 aromatic rings. The van der Waals surface area contributed by atoms with Crippen LogP contribution in [0, 0.1) is 5.92 Å². The van der Waals surface area contributed by atoms with Crippen LogP contribution in [-0.2, 0) is 9.53 Å². The molecule has 0 aromatic carbocycles. The summed E-state index contributed by atoms with van der Waals surface area (Å²) in [6.45, 7) is 3.40. The number of ether oxygens (including phenoxy) is 1. The van der Waals surface area contributed by atoms with Crippen molar-refractivity contribution < 1.29 is 9.53 Å². The molecule has 3 atom stereocenters. The van der Waals surface area contributed by atoms with Gasteiger partial charge in [-0.25, -0.2) is 0 Å². The molecule has 2 aliphatic rings. The lowest BCUT2D eigenvalue weighted by molar-refractivity contribution is -0.154. The fourth-order valence-electron chi connectivity index (χ4n) is 2.94. The summed E-state index contributed by atoms with van der Waals surface area (Å²) < 4.78 is 4.82. The topological polar surface area (TPSA) is 29.5 Å². The minimum absolute atomic E-state index is 0.0422. The van der Waals surface area contributed by atoms with Gasteiger partial charge in [-0.3, -0.25) is 9.69 Å². The Morgan fingerprint density at radius 3 is 2.67 bits per heavy atom. The van der Waals surface area contributed by atoms with Crippen molar-refractivity contribution in [3.63, 3.8) is 0 Å². The second-order valence-corrected chi connectivity index (χ2v) is 4.99. The number of likely N-dealkylation sites (tertiary alicyclic amines) is 1. The molecule has 0 amide bonds. The van der Waals surface area contributed by atoms with Gasteiger partial charge in [0.15, 0.2) is 0 Å². The standard InChI is InChI=1S/C12H21NO2/c1-9-4-3-5-10(8-9)13-7-6-11(13)12(14)15-2/h9-11H,3-8H2,1-2H3. The van der Waals surface area contributed by atoms with E-state index in [2.05, 4.69) is 11.8 Å². The third-order valence-corrected chi connectivity index (χ3v) is 3.91. The predicted octanol–water partition coefficient (Wildman–Crippen LogP) is 1.81. The molecule has 2 rings (SSSR count). The maximum atomic E-state index is 11.5. The molecule has 1 saturated carbocycles. The van der Waals surface area contributed by atoms with Gasteiger partial charge in [-0.05, 0) is 25.2 Å². The molecule has 2 fully saturated rings. The molecule has 86 valence electrons. The first-order valence-electron chi connectivity index (χ1n) is 6.06. The quantitative estimate of drug-likeness (QED) is 0.652. The van der Waals surface area contributed by atoms with Gasteiger partial charge in [-0.15, -0.1) is 0 Å². The summed E-state index contributed by atoms with van der Waals surface area (Å²) >= 11 is 0. The van der Waals surface area contributed by atoms with Crippen LogP contribution < -0.4 is 0 Å². The van der Waals surface area contributed by atoms with E-state index in [4.69, 9.17) is 4.74 Å². The Morgan fingerprint density at radius 2 is 2.13 bits per heavy atom. The van der Waals surface area contributed by atoms with Crippen molar-refractivity contribution in [1.82, 2.24) is 4.90 Å². The minimum atomic E-state index is -0.0422. The Balaban J connectivity index is 1.90. The van der Waals surface area contributed by atoms with Crippen LogP contribution in [0.25, 0.3) is 0 Å². The summed E-state index contributed by atoms with van der Waals surface area (Å²) in [6.07, 6.45) is 6.17. The van der Waals surface area contributed by atoms with E-state index in [1.165, 1.54) is 32.8 Å². The van der Waals surface area contributed by atoms with E-state index in [0.717, 1.165) is 18.9 Å². The van der Waals surface area contributed by atoms with E-state index in [9.17, 15) is 4.79 Å². The lowest BCUT2D eigenvalue weighted by atomic mass is 9.83. The summed E-state index contributed by atoms with van der Waals surface area (Å²) in [5.74, 6) is 0.780. The predicted molar refractivity (Wildman–Crippen MR) is 58.5 cm³/mol. The smallest absolute Gasteiger partial charge is 0.323 e. The highest BCUT2D eigenvalue weighted by molar-refractivity contribution is 5.76. The van der Waals surface area contributed by atoms with Crippen LogP contribution in [-0.4, -0.2) is 36.6 Å². The molecule has 0 radical (unpaired) electrons. The second-order valence-electron chi connectivity index (χ2n) is 4.99. The van der Waals surface area contributed by atoms with Crippen molar-refractivity contribution in [2.24, 2.45) is 5.92 Å². The number of hydrogen-bond acceptors (Lipinski definition) is 3. The first-order chi connectivity index (χ1) is 7.22. The van der Waals surface area contributed by atoms with Gasteiger partial charge >= 0.3 is 5.97 Å². The average molecular weight is 211 g/mol. The maximum absolute atomic E-state index is 11.5. The number of hydrogen-bond donors (Lipinski definition) is 0. The highest BCUT2D eigenvalue weighted by Crippen LogP contribution is 2.32. The Morgan fingerprint density at radius 1 is 1.33 bits per heavy atom. The van der Waals surface area contributed by atoms with Crippen LogP contribution >= 0.6 is 0 Å². The zero-order valence-electron chi connectivity index (χ0n) is 9.74. The molecule has 0 N–H and O–H groups in total. The molecule has 1 heterocycles. The lowest BCUT2D eigenvalue weighted by Crippen LogP contribution is -2.58. The van der Waals surface area contributed by atoms with E-state index in [1.807, 2.05) is 0 Å². The van der Waals surface area contributed by atoms with Crippen molar-refractivity contribution in [3.8, 4) is 0 Å². The molecule has 3 heteroatoms. The average Bonchev–Trinajstić information content (AvgIpc) is 2.16. The van der Waals surface area contributed by atoms with Gasteiger partial charge in [0.2, 0.25) is 0 Å². The summed E-state index contributed by atoms with van der Waals surface area (Å²) in [5.41, 5.74) is 0. The molecule has 1 saturated heterocycles. The van der Waals surface area contributed by atoms with Crippen LogP contribution in [0.2, 0.25) is 0 Å². The van der Waals surface area contributed by atoms with E-state index in [1.54, 1.807) is 0 Å². The molecule has 0 aromatic heterocycles. The maximum Gasteiger partial charge on any atom is 0.323 e.